The van der Waals surface area contributed by atoms with Crippen molar-refractivity contribution in [3.8, 4) is 16.9 Å². The van der Waals surface area contributed by atoms with Crippen molar-refractivity contribution in [3.05, 3.63) is 81.6 Å². The number of amides is 1. The predicted molar refractivity (Wildman–Crippen MR) is 145 cm³/mol. The van der Waals surface area contributed by atoms with E-state index in [0.29, 0.717) is 24.2 Å². The first-order chi connectivity index (χ1) is 19.5. The van der Waals surface area contributed by atoms with Gasteiger partial charge in [0, 0.05) is 29.2 Å². The minimum atomic E-state index is -4.69. The van der Waals surface area contributed by atoms with Crippen LogP contribution in [0.15, 0.2) is 54.6 Å². The van der Waals surface area contributed by atoms with Crippen LogP contribution in [0.1, 0.15) is 15.9 Å². The molecule has 3 aromatic carbocycles. The number of alkyl halides is 3. The van der Waals surface area contributed by atoms with Crippen LogP contribution < -0.4 is 10.1 Å². The molecule has 0 radical (unpaired) electrons. The van der Waals surface area contributed by atoms with Crippen LogP contribution in [0.3, 0.4) is 0 Å². The van der Waals surface area contributed by atoms with E-state index in [2.05, 4.69) is 5.32 Å². The molecule has 13 heteroatoms. The third kappa shape index (κ3) is 7.38. The molecule has 216 valence electrons. The monoisotopic (exact) mass is 612 g/mol. The lowest BCUT2D eigenvalue weighted by Gasteiger charge is -2.38. The van der Waals surface area contributed by atoms with Crippen molar-refractivity contribution in [2.45, 2.75) is 12.3 Å². The molecule has 41 heavy (non-hydrogen) atoms. The number of likely N-dealkylation sites (tertiary alicyclic amines) is 1. The van der Waals surface area contributed by atoms with E-state index in [9.17, 15) is 27.2 Å². The van der Waals surface area contributed by atoms with E-state index in [1.54, 1.807) is 4.90 Å². The SMILES string of the molecule is O=C=C(Nc1ccc(-c2cc(C(=O)N3CC(OCCO)C3)ccc2Cl)cc1OCC(F)(F)F)c1c(F)cccc1Cl. The van der Waals surface area contributed by atoms with Crippen LogP contribution in [0, 0.1) is 5.82 Å². The maximum absolute atomic E-state index is 14.4. The second kappa shape index (κ2) is 12.9. The maximum atomic E-state index is 14.4. The quantitative estimate of drug-likeness (QED) is 0.220. The third-order valence-corrected chi connectivity index (χ3v) is 6.70. The van der Waals surface area contributed by atoms with Gasteiger partial charge < -0.3 is 24.8 Å². The normalized spacial score (nSPS) is 13.4. The van der Waals surface area contributed by atoms with E-state index in [0.717, 1.165) is 6.07 Å². The zero-order valence-corrected chi connectivity index (χ0v) is 22.6. The summed E-state index contributed by atoms with van der Waals surface area (Å²) in [7, 11) is 0. The summed E-state index contributed by atoms with van der Waals surface area (Å²) in [6, 6.07) is 12.3. The van der Waals surface area contributed by atoms with Gasteiger partial charge in [0.25, 0.3) is 5.91 Å². The molecule has 1 aliphatic heterocycles. The first-order valence-corrected chi connectivity index (χ1v) is 12.9. The zero-order chi connectivity index (χ0) is 29.7. The third-order valence-electron chi connectivity index (χ3n) is 6.05. The Labute approximate surface area is 241 Å². The summed E-state index contributed by atoms with van der Waals surface area (Å²) in [6.45, 7) is -0.945. The van der Waals surface area contributed by atoms with Gasteiger partial charge in [-0.3, -0.25) is 4.79 Å². The Bertz CT molecular complexity index is 1470. The van der Waals surface area contributed by atoms with Gasteiger partial charge in [-0.15, -0.1) is 0 Å². The van der Waals surface area contributed by atoms with Crippen LogP contribution in [-0.4, -0.2) is 67.0 Å². The minimum Gasteiger partial charge on any atom is -0.482 e. The smallest absolute Gasteiger partial charge is 0.422 e. The minimum absolute atomic E-state index is 0.103. The molecule has 0 unspecified atom stereocenters. The molecule has 0 aromatic heterocycles. The number of aliphatic hydroxyl groups is 1. The molecule has 0 saturated carbocycles. The number of hydrogen-bond donors (Lipinski definition) is 2. The lowest BCUT2D eigenvalue weighted by molar-refractivity contribution is -0.153. The van der Waals surface area contributed by atoms with E-state index >= 15 is 0 Å². The Hall–Kier alpha value is -3.60. The van der Waals surface area contributed by atoms with E-state index in [1.807, 2.05) is 0 Å². The van der Waals surface area contributed by atoms with Gasteiger partial charge in [0.05, 0.1) is 35.6 Å². The molecule has 3 aromatic rings. The highest BCUT2D eigenvalue weighted by atomic mass is 35.5. The molecule has 2 N–H and O–H groups in total. The van der Waals surface area contributed by atoms with Crippen molar-refractivity contribution < 1.29 is 41.7 Å². The number of ether oxygens (including phenoxy) is 2. The molecule has 4 rings (SSSR count). The van der Waals surface area contributed by atoms with Crippen LogP contribution in [0.25, 0.3) is 16.8 Å². The van der Waals surface area contributed by atoms with Crippen LogP contribution in [0.5, 0.6) is 5.75 Å². The molecule has 0 atom stereocenters. The van der Waals surface area contributed by atoms with Crippen LogP contribution in [-0.2, 0) is 9.53 Å². The highest BCUT2D eigenvalue weighted by Gasteiger charge is 2.32. The van der Waals surface area contributed by atoms with Crippen molar-refractivity contribution in [3.63, 3.8) is 0 Å². The summed E-state index contributed by atoms with van der Waals surface area (Å²) in [4.78, 5) is 26.2. The van der Waals surface area contributed by atoms with Gasteiger partial charge in [0.15, 0.2) is 12.5 Å². The Kier molecular flexibility index (Phi) is 9.57. The fourth-order valence-electron chi connectivity index (χ4n) is 4.07. The molecule has 0 bridgehead atoms. The molecule has 7 nitrogen and oxygen atoms in total. The van der Waals surface area contributed by atoms with Gasteiger partial charge >= 0.3 is 6.18 Å². The number of carbonyl (C=O) groups is 1. The largest absolute Gasteiger partial charge is 0.482 e. The number of nitrogens with one attached hydrogen (secondary N) is 1. The number of carbonyl (C=O) groups excluding carboxylic acids is 2. The summed E-state index contributed by atoms with van der Waals surface area (Å²) in [5.74, 6) is 0.0420. The average molecular weight is 613 g/mol. The molecule has 1 aliphatic rings. The Morgan fingerprint density at radius 2 is 1.85 bits per heavy atom. The second-order valence-corrected chi connectivity index (χ2v) is 9.75. The first kappa shape index (κ1) is 30.4. The first-order valence-electron chi connectivity index (χ1n) is 12.1. The van der Waals surface area contributed by atoms with E-state index in [4.69, 9.17) is 37.8 Å². The van der Waals surface area contributed by atoms with Crippen molar-refractivity contribution in [2.24, 2.45) is 0 Å². The van der Waals surface area contributed by atoms with Gasteiger partial charge in [-0.1, -0.05) is 35.3 Å². The number of aliphatic hydroxyl groups excluding tert-OH is 1. The van der Waals surface area contributed by atoms with Gasteiger partial charge in [0.1, 0.15) is 17.3 Å². The molecule has 1 heterocycles. The fraction of sp³-hybridized carbons (Fsp3) is 0.250. The Morgan fingerprint density at radius 1 is 1.10 bits per heavy atom. The van der Waals surface area contributed by atoms with Crippen LogP contribution in [0.4, 0.5) is 23.2 Å². The number of benzene rings is 3. The number of hydrogen-bond acceptors (Lipinski definition) is 6. The van der Waals surface area contributed by atoms with Crippen molar-refractivity contribution in [1.82, 2.24) is 4.90 Å². The molecule has 0 aliphatic carbocycles. The maximum Gasteiger partial charge on any atom is 0.422 e. The van der Waals surface area contributed by atoms with Crippen LogP contribution >= 0.6 is 23.2 Å². The predicted octanol–water partition coefficient (Wildman–Crippen LogP) is 5.86. The van der Waals surface area contributed by atoms with Crippen LogP contribution in [0.2, 0.25) is 10.0 Å². The molecule has 1 amide bonds. The highest BCUT2D eigenvalue weighted by molar-refractivity contribution is 6.33. The lowest BCUT2D eigenvalue weighted by atomic mass is 10.0. The van der Waals surface area contributed by atoms with Crippen molar-refractivity contribution in [2.75, 3.05) is 38.2 Å². The Balaban J connectivity index is 1.65. The fourth-order valence-corrected chi connectivity index (χ4v) is 4.56. The highest BCUT2D eigenvalue weighted by Crippen LogP contribution is 2.38. The topological polar surface area (TPSA) is 88.1 Å². The standard InChI is InChI=1S/C28H22Cl2F4N2O5/c29-20-6-4-17(27(39)36-12-18(13-36)40-9-8-37)10-19(20)16-5-7-23(25(11-16)41-15-28(32,33)34)35-24(14-38)26-21(30)2-1-3-22(26)31/h1-7,10-11,18,35,37H,8-9,12-13,15H2. The van der Waals surface area contributed by atoms with E-state index in [-0.39, 0.29) is 57.8 Å². The van der Waals surface area contributed by atoms with Crippen molar-refractivity contribution >= 4 is 46.4 Å². The zero-order valence-electron chi connectivity index (χ0n) is 21.1. The van der Waals surface area contributed by atoms with Gasteiger partial charge in [-0.25, -0.2) is 9.18 Å². The molecule has 1 fully saturated rings. The van der Waals surface area contributed by atoms with Gasteiger partial charge in [-0.05, 0) is 48.0 Å². The molecule has 0 spiro atoms. The van der Waals surface area contributed by atoms with Gasteiger partial charge in [0.2, 0.25) is 0 Å². The second-order valence-electron chi connectivity index (χ2n) is 8.93. The molecule has 1 saturated heterocycles. The number of halogens is 6. The summed E-state index contributed by atoms with van der Waals surface area (Å²) in [5, 5.41) is 11.5. The molecular weight excluding hydrogens is 591 g/mol. The van der Waals surface area contributed by atoms with E-state index < -0.39 is 24.3 Å². The Morgan fingerprint density at radius 3 is 2.51 bits per heavy atom. The summed E-state index contributed by atoms with van der Waals surface area (Å²) >= 11 is 12.4. The number of nitrogens with zero attached hydrogens (tertiary/aromatic N) is 1. The summed E-state index contributed by atoms with van der Waals surface area (Å²) < 4.78 is 64.0. The number of anilines is 1. The lowest BCUT2D eigenvalue weighted by Crippen LogP contribution is -2.54. The number of rotatable bonds is 10. The molecular formula is C28H22Cl2F4N2O5. The average Bonchev–Trinajstić information content (AvgIpc) is 2.90. The summed E-state index contributed by atoms with van der Waals surface area (Å²) in [5.41, 5.74) is 0.0378. The van der Waals surface area contributed by atoms with Crippen molar-refractivity contribution in [1.29, 1.82) is 0 Å². The van der Waals surface area contributed by atoms with E-state index in [1.165, 1.54) is 54.5 Å². The summed E-state index contributed by atoms with van der Waals surface area (Å²) in [6.07, 6.45) is -4.87. The van der Waals surface area contributed by atoms with Gasteiger partial charge in [-0.2, -0.15) is 13.2 Å².